The van der Waals surface area contributed by atoms with Crippen molar-refractivity contribution in [1.82, 2.24) is 5.32 Å². The standard InChI is InChI=1S/C16H22FNO/c1-3-12-4-7-14(8-5-12)18-16(19)15-9-6-13(17)10-11(15)2/h6,9-10,12,14H,3-5,7-8H2,1-2H3,(H,18,19). The lowest BCUT2D eigenvalue weighted by atomic mass is 9.84. The summed E-state index contributed by atoms with van der Waals surface area (Å²) in [7, 11) is 0. The number of hydrogen-bond donors (Lipinski definition) is 1. The summed E-state index contributed by atoms with van der Waals surface area (Å²) in [6, 6.07) is 4.59. The molecule has 0 atom stereocenters. The van der Waals surface area contributed by atoms with E-state index in [2.05, 4.69) is 12.2 Å². The highest BCUT2D eigenvalue weighted by atomic mass is 19.1. The maximum absolute atomic E-state index is 13.0. The van der Waals surface area contributed by atoms with Gasteiger partial charge in [0, 0.05) is 11.6 Å². The molecule has 19 heavy (non-hydrogen) atoms. The predicted octanol–water partition coefficient (Wildman–Crippen LogP) is 3.83. The van der Waals surface area contributed by atoms with Gasteiger partial charge in [-0.3, -0.25) is 4.79 Å². The van der Waals surface area contributed by atoms with Gasteiger partial charge in [0.25, 0.3) is 5.91 Å². The first kappa shape index (κ1) is 14.0. The number of amides is 1. The highest BCUT2D eigenvalue weighted by Gasteiger charge is 2.22. The first-order valence-electron chi connectivity index (χ1n) is 7.17. The number of nitrogens with one attached hydrogen (secondary N) is 1. The van der Waals surface area contributed by atoms with Crippen molar-refractivity contribution in [2.45, 2.75) is 52.0 Å². The third-order valence-corrected chi connectivity index (χ3v) is 4.19. The van der Waals surface area contributed by atoms with Gasteiger partial charge in [0.05, 0.1) is 0 Å². The molecule has 0 spiro atoms. The molecule has 1 aliphatic rings. The lowest BCUT2D eigenvalue weighted by Crippen LogP contribution is -2.37. The molecule has 2 nitrogen and oxygen atoms in total. The number of hydrogen-bond acceptors (Lipinski definition) is 1. The molecule has 1 aromatic rings. The number of carbonyl (C=O) groups is 1. The van der Waals surface area contributed by atoms with E-state index < -0.39 is 0 Å². The van der Waals surface area contributed by atoms with Crippen LogP contribution in [0.5, 0.6) is 0 Å². The van der Waals surface area contributed by atoms with E-state index in [1.807, 2.05) is 0 Å². The molecule has 0 unspecified atom stereocenters. The molecule has 1 N–H and O–H groups in total. The fourth-order valence-corrected chi connectivity index (χ4v) is 2.86. The predicted molar refractivity (Wildman–Crippen MR) is 74.6 cm³/mol. The average Bonchev–Trinajstić information content (AvgIpc) is 2.39. The van der Waals surface area contributed by atoms with Crippen LogP contribution in [0.2, 0.25) is 0 Å². The molecule has 1 saturated carbocycles. The Labute approximate surface area is 114 Å². The second-order valence-corrected chi connectivity index (χ2v) is 5.56. The summed E-state index contributed by atoms with van der Waals surface area (Å²) < 4.78 is 13.0. The SMILES string of the molecule is CCC1CCC(NC(=O)c2ccc(F)cc2C)CC1. The van der Waals surface area contributed by atoms with Crippen molar-refractivity contribution in [3.05, 3.63) is 35.1 Å². The Balaban J connectivity index is 1.94. The molecular formula is C16H22FNO. The highest BCUT2D eigenvalue weighted by molar-refractivity contribution is 5.95. The summed E-state index contributed by atoms with van der Waals surface area (Å²) >= 11 is 0. The van der Waals surface area contributed by atoms with E-state index in [0.717, 1.165) is 18.8 Å². The largest absolute Gasteiger partial charge is 0.349 e. The van der Waals surface area contributed by atoms with Gasteiger partial charge in [-0.2, -0.15) is 0 Å². The molecule has 104 valence electrons. The third-order valence-electron chi connectivity index (χ3n) is 4.19. The van der Waals surface area contributed by atoms with Crippen LogP contribution in [0, 0.1) is 18.7 Å². The Bertz CT molecular complexity index is 450. The molecule has 1 aromatic carbocycles. The van der Waals surface area contributed by atoms with Crippen molar-refractivity contribution in [2.24, 2.45) is 5.92 Å². The molecule has 1 aliphatic carbocycles. The Morgan fingerprint density at radius 3 is 2.58 bits per heavy atom. The monoisotopic (exact) mass is 263 g/mol. The summed E-state index contributed by atoms with van der Waals surface area (Å²) in [6.45, 7) is 4.00. The Kier molecular flexibility index (Phi) is 4.56. The minimum atomic E-state index is -0.294. The Morgan fingerprint density at radius 2 is 2.00 bits per heavy atom. The van der Waals surface area contributed by atoms with E-state index in [-0.39, 0.29) is 17.8 Å². The Morgan fingerprint density at radius 1 is 1.32 bits per heavy atom. The topological polar surface area (TPSA) is 29.1 Å². The van der Waals surface area contributed by atoms with Crippen LogP contribution < -0.4 is 5.32 Å². The maximum atomic E-state index is 13.0. The first-order chi connectivity index (χ1) is 9.10. The Hall–Kier alpha value is -1.38. The summed E-state index contributed by atoms with van der Waals surface area (Å²) in [4.78, 5) is 12.2. The van der Waals surface area contributed by atoms with Gasteiger partial charge in [-0.05, 0) is 62.3 Å². The van der Waals surface area contributed by atoms with Crippen molar-refractivity contribution >= 4 is 5.91 Å². The van der Waals surface area contributed by atoms with Crippen molar-refractivity contribution < 1.29 is 9.18 Å². The van der Waals surface area contributed by atoms with Crippen LogP contribution in [0.4, 0.5) is 4.39 Å². The fourth-order valence-electron chi connectivity index (χ4n) is 2.86. The smallest absolute Gasteiger partial charge is 0.251 e. The maximum Gasteiger partial charge on any atom is 0.251 e. The minimum Gasteiger partial charge on any atom is -0.349 e. The third kappa shape index (κ3) is 3.55. The molecule has 1 amide bonds. The van der Waals surface area contributed by atoms with Crippen LogP contribution in [0.3, 0.4) is 0 Å². The van der Waals surface area contributed by atoms with Crippen LogP contribution >= 0.6 is 0 Å². The summed E-state index contributed by atoms with van der Waals surface area (Å²) in [5, 5.41) is 3.08. The normalized spacial score (nSPS) is 23.1. The lowest BCUT2D eigenvalue weighted by Gasteiger charge is -2.28. The lowest BCUT2D eigenvalue weighted by molar-refractivity contribution is 0.0921. The molecular weight excluding hydrogens is 241 g/mol. The van der Waals surface area contributed by atoms with Crippen LogP contribution in [0.15, 0.2) is 18.2 Å². The summed E-state index contributed by atoms with van der Waals surface area (Å²) in [6.07, 6.45) is 5.75. The van der Waals surface area contributed by atoms with Crippen LogP contribution in [0.1, 0.15) is 54.9 Å². The zero-order chi connectivity index (χ0) is 13.8. The van der Waals surface area contributed by atoms with E-state index in [9.17, 15) is 9.18 Å². The summed E-state index contributed by atoms with van der Waals surface area (Å²) in [5.74, 6) is 0.454. The second-order valence-electron chi connectivity index (χ2n) is 5.56. The zero-order valence-electron chi connectivity index (χ0n) is 11.7. The number of carbonyl (C=O) groups excluding carboxylic acids is 1. The molecule has 2 rings (SSSR count). The van der Waals surface area contributed by atoms with E-state index in [0.29, 0.717) is 11.1 Å². The van der Waals surface area contributed by atoms with Gasteiger partial charge in [-0.25, -0.2) is 4.39 Å². The second kappa shape index (κ2) is 6.18. The first-order valence-corrected chi connectivity index (χ1v) is 7.17. The van der Waals surface area contributed by atoms with Crippen LogP contribution in [-0.2, 0) is 0 Å². The van der Waals surface area contributed by atoms with Crippen molar-refractivity contribution in [3.63, 3.8) is 0 Å². The van der Waals surface area contributed by atoms with E-state index >= 15 is 0 Å². The van der Waals surface area contributed by atoms with Crippen molar-refractivity contribution in [2.75, 3.05) is 0 Å². The van der Waals surface area contributed by atoms with Gasteiger partial charge in [0.15, 0.2) is 0 Å². The van der Waals surface area contributed by atoms with E-state index in [4.69, 9.17) is 0 Å². The van der Waals surface area contributed by atoms with Gasteiger partial charge >= 0.3 is 0 Å². The van der Waals surface area contributed by atoms with Crippen LogP contribution in [0.25, 0.3) is 0 Å². The number of benzene rings is 1. The molecule has 0 radical (unpaired) electrons. The average molecular weight is 263 g/mol. The van der Waals surface area contributed by atoms with E-state index in [1.54, 1.807) is 13.0 Å². The quantitative estimate of drug-likeness (QED) is 0.882. The van der Waals surface area contributed by atoms with Gasteiger partial charge in [0.1, 0.15) is 5.82 Å². The molecule has 3 heteroatoms. The minimum absolute atomic E-state index is 0.0718. The summed E-state index contributed by atoms with van der Waals surface area (Å²) in [5.41, 5.74) is 1.28. The molecule has 0 saturated heterocycles. The molecule has 1 fully saturated rings. The van der Waals surface area contributed by atoms with Crippen LogP contribution in [-0.4, -0.2) is 11.9 Å². The highest BCUT2D eigenvalue weighted by Crippen LogP contribution is 2.26. The molecule has 0 aliphatic heterocycles. The number of halogens is 1. The molecule has 0 heterocycles. The van der Waals surface area contributed by atoms with Gasteiger partial charge in [0.2, 0.25) is 0 Å². The van der Waals surface area contributed by atoms with Crippen molar-refractivity contribution in [3.8, 4) is 0 Å². The molecule has 0 bridgehead atoms. The zero-order valence-corrected chi connectivity index (χ0v) is 11.7. The number of rotatable bonds is 3. The van der Waals surface area contributed by atoms with Crippen molar-refractivity contribution in [1.29, 1.82) is 0 Å². The molecule has 0 aromatic heterocycles. The van der Waals surface area contributed by atoms with Gasteiger partial charge in [-0.1, -0.05) is 13.3 Å². The van der Waals surface area contributed by atoms with Gasteiger partial charge < -0.3 is 5.32 Å². The fraction of sp³-hybridized carbons (Fsp3) is 0.562. The van der Waals surface area contributed by atoms with Gasteiger partial charge in [-0.15, -0.1) is 0 Å². The number of aryl methyl sites for hydroxylation is 1. The van der Waals surface area contributed by atoms with E-state index in [1.165, 1.54) is 31.4 Å².